The zero-order valence-electron chi connectivity index (χ0n) is 11.2. The number of aryl methyl sites for hydroxylation is 1. The van der Waals surface area contributed by atoms with Crippen molar-refractivity contribution in [2.24, 2.45) is 5.14 Å². The van der Waals surface area contributed by atoms with Crippen LogP contribution in [0, 0.1) is 6.92 Å². The van der Waals surface area contributed by atoms with Crippen molar-refractivity contribution in [1.29, 1.82) is 0 Å². The molecule has 0 atom stereocenters. The van der Waals surface area contributed by atoms with Crippen molar-refractivity contribution in [3.05, 3.63) is 29.3 Å². The Morgan fingerprint density at radius 1 is 1.30 bits per heavy atom. The Balaban J connectivity index is 2.25. The van der Waals surface area contributed by atoms with Gasteiger partial charge in [-0.05, 0) is 44.7 Å². The fourth-order valence-electron chi connectivity index (χ4n) is 2.24. The molecule has 6 nitrogen and oxygen atoms in total. The second kappa shape index (κ2) is 5.80. The lowest BCUT2D eigenvalue weighted by Crippen LogP contribution is -2.22. The number of ether oxygens (including phenoxy) is 1. The van der Waals surface area contributed by atoms with Crippen LogP contribution in [0.25, 0.3) is 0 Å². The van der Waals surface area contributed by atoms with E-state index in [1.165, 1.54) is 6.07 Å². The number of hydrogen-bond acceptors (Lipinski definition) is 5. The van der Waals surface area contributed by atoms with E-state index in [1.54, 1.807) is 19.1 Å². The molecule has 1 saturated carbocycles. The highest BCUT2D eigenvalue weighted by Crippen LogP contribution is 2.28. The van der Waals surface area contributed by atoms with Gasteiger partial charge in [-0.15, -0.1) is 0 Å². The smallest absolute Gasteiger partial charge is 0.382 e. The minimum atomic E-state index is -4.33. The molecule has 0 spiro atoms. The molecule has 110 valence electrons. The first-order valence-electron chi connectivity index (χ1n) is 6.39. The van der Waals surface area contributed by atoms with Crippen LogP contribution in [0.2, 0.25) is 0 Å². The van der Waals surface area contributed by atoms with Gasteiger partial charge in [0, 0.05) is 0 Å². The number of hydrogen-bond donors (Lipinski definition) is 1. The zero-order chi connectivity index (χ0) is 14.8. The largest absolute Gasteiger partial charge is 0.490 e. The van der Waals surface area contributed by atoms with Crippen LogP contribution in [0.5, 0.6) is 5.75 Å². The van der Waals surface area contributed by atoms with Crippen LogP contribution in [0.1, 0.15) is 41.6 Å². The molecule has 0 amide bonds. The molecule has 1 fully saturated rings. The molecule has 1 aromatic carbocycles. The summed E-state index contributed by atoms with van der Waals surface area (Å²) < 4.78 is 31.7. The molecule has 0 saturated heterocycles. The number of rotatable bonds is 4. The van der Waals surface area contributed by atoms with Crippen molar-refractivity contribution < 1.29 is 22.1 Å². The van der Waals surface area contributed by atoms with Gasteiger partial charge >= 0.3 is 16.3 Å². The number of benzene rings is 1. The summed E-state index contributed by atoms with van der Waals surface area (Å²) in [5.41, 5.74) is 0.871. The lowest BCUT2D eigenvalue weighted by atomic mass is 10.1. The van der Waals surface area contributed by atoms with Gasteiger partial charge in [-0.2, -0.15) is 13.6 Å². The molecular formula is C13H17NO5S. The van der Waals surface area contributed by atoms with Crippen molar-refractivity contribution in [3.63, 3.8) is 0 Å². The van der Waals surface area contributed by atoms with Crippen molar-refractivity contribution in [1.82, 2.24) is 0 Å². The molecule has 0 unspecified atom stereocenters. The van der Waals surface area contributed by atoms with Crippen molar-refractivity contribution in [2.75, 3.05) is 0 Å². The molecule has 1 aromatic rings. The zero-order valence-corrected chi connectivity index (χ0v) is 12.0. The van der Waals surface area contributed by atoms with Gasteiger partial charge in [0.05, 0.1) is 6.10 Å². The van der Waals surface area contributed by atoms with Crippen molar-refractivity contribution in [3.8, 4) is 5.75 Å². The summed E-state index contributed by atoms with van der Waals surface area (Å²) in [6, 6.07) is 4.96. The molecule has 0 radical (unpaired) electrons. The van der Waals surface area contributed by atoms with Gasteiger partial charge < -0.3 is 8.92 Å². The lowest BCUT2D eigenvalue weighted by Gasteiger charge is -2.16. The van der Waals surface area contributed by atoms with Crippen molar-refractivity contribution >= 4 is 16.3 Å². The van der Waals surface area contributed by atoms with Gasteiger partial charge in [0.15, 0.2) is 0 Å². The van der Waals surface area contributed by atoms with Crippen LogP contribution in [0.15, 0.2) is 18.2 Å². The topological polar surface area (TPSA) is 95.7 Å². The van der Waals surface area contributed by atoms with E-state index in [4.69, 9.17) is 9.88 Å². The molecule has 20 heavy (non-hydrogen) atoms. The van der Waals surface area contributed by atoms with Crippen LogP contribution in [-0.4, -0.2) is 20.5 Å². The molecule has 7 heteroatoms. The Hall–Kier alpha value is -1.60. The summed E-state index contributed by atoms with van der Waals surface area (Å²) in [5.74, 6) is -0.694. The number of carbonyl (C=O) groups excluding carboxylic acids is 1. The minimum absolute atomic E-state index is 0.0544. The summed E-state index contributed by atoms with van der Waals surface area (Å²) in [7, 11) is -4.33. The third-order valence-corrected chi connectivity index (χ3v) is 3.53. The maximum Gasteiger partial charge on any atom is 0.382 e. The second-order valence-electron chi connectivity index (χ2n) is 4.89. The van der Waals surface area contributed by atoms with Crippen LogP contribution >= 0.6 is 0 Å². The standard InChI is InChI=1S/C13H17NO5S/c1-9-6-7-12(18-10-4-2-3-5-10)11(8-9)13(15)19-20(14,16)17/h6-8,10H,2-5H2,1H3,(H2,14,16,17). The summed E-state index contributed by atoms with van der Waals surface area (Å²) in [4.78, 5) is 11.8. The molecular weight excluding hydrogens is 282 g/mol. The van der Waals surface area contributed by atoms with E-state index >= 15 is 0 Å². The molecule has 1 aliphatic carbocycles. The van der Waals surface area contributed by atoms with E-state index in [-0.39, 0.29) is 11.7 Å². The fraction of sp³-hybridized carbons (Fsp3) is 0.462. The van der Waals surface area contributed by atoms with Crippen LogP contribution < -0.4 is 9.88 Å². The fourth-order valence-corrected chi connectivity index (χ4v) is 2.54. The molecule has 0 aromatic heterocycles. The van der Waals surface area contributed by atoms with Gasteiger partial charge in [0.25, 0.3) is 0 Å². The average molecular weight is 299 g/mol. The Bertz CT molecular complexity index is 605. The molecule has 0 bridgehead atoms. The second-order valence-corrected chi connectivity index (χ2v) is 6.04. The minimum Gasteiger partial charge on any atom is -0.490 e. The summed E-state index contributed by atoms with van der Waals surface area (Å²) in [6.07, 6.45) is 4.09. The molecule has 2 rings (SSSR count). The van der Waals surface area contributed by atoms with Crippen molar-refractivity contribution in [2.45, 2.75) is 38.7 Å². The van der Waals surface area contributed by atoms with E-state index < -0.39 is 16.3 Å². The summed E-state index contributed by atoms with van der Waals surface area (Å²) in [5, 5.41) is 4.71. The molecule has 0 heterocycles. The SMILES string of the molecule is Cc1ccc(OC2CCCC2)c(C(=O)OS(N)(=O)=O)c1. The quantitative estimate of drug-likeness (QED) is 0.912. The normalized spacial score (nSPS) is 16.1. The van der Waals surface area contributed by atoms with Crippen LogP contribution in [0.4, 0.5) is 0 Å². The summed E-state index contributed by atoms with van der Waals surface area (Å²) in [6.45, 7) is 1.78. The first kappa shape index (κ1) is 14.8. The predicted molar refractivity (Wildman–Crippen MR) is 72.6 cm³/mol. The lowest BCUT2D eigenvalue weighted by molar-refractivity contribution is 0.0739. The third-order valence-electron chi connectivity index (χ3n) is 3.14. The van der Waals surface area contributed by atoms with E-state index in [0.717, 1.165) is 31.2 Å². The van der Waals surface area contributed by atoms with E-state index in [0.29, 0.717) is 5.75 Å². The van der Waals surface area contributed by atoms with Crippen LogP contribution in [-0.2, 0) is 14.5 Å². The van der Waals surface area contributed by atoms with Gasteiger partial charge in [-0.3, -0.25) is 0 Å². The average Bonchev–Trinajstić information content (AvgIpc) is 2.82. The van der Waals surface area contributed by atoms with E-state index in [2.05, 4.69) is 4.18 Å². The maximum atomic E-state index is 11.8. The Morgan fingerprint density at radius 2 is 1.95 bits per heavy atom. The highest BCUT2D eigenvalue weighted by molar-refractivity contribution is 7.84. The molecule has 1 aliphatic rings. The van der Waals surface area contributed by atoms with E-state index in [1.807, 2.05) is 0 Å². The van der Waals surface area contributed by atoms with Crippen LogP contribution in [0.3, 0.4) is 0 Å². The Labute approximate surface area is 118 Å². The predicted octanol–water partition coefficient (Wildman–Crippen LogP) is 1.68. The van der Waals surface area contributed by atoms with Gasteiger partial charge in [0.2, 0.25) is 0 Å². The highest BCUT2D eigenvalue weighted by atomic mass is 32.2. The molecule has 0 aliphatic heterocycles. The summed E-state index contributed by atoms with van der Waals surface area (Å²) >= 11 is 0. The Kier molecular flexibility index (Phi) is 4.29. The number of nitrogens with two attached hydrogens (primary N) is 1. The Morgan fingerprint density at radius 3 is 2.55 bits per heavy atom. The maximum absolute atomic E-state index is 11.8. The van der Waals surface area contributed by atoms with Gasteiger partial charge in [0.1, 0.15) is 11.3 Å². The first-order valence-corrected chi connectivity index (χ1v) is 7.86. The first-order chi connectivity index (χ1) is 9.35. The highest BCUT2D eigenvalue weighted by Gasteiger charge is 2.23. The van der Waals surface area contributed by atoms with Gasteiger partial charge in [-0.1, -0.05) is 11.6 Å². The third kappa shape index (κ3) is 3.94. The molecule has 2 N–H and O–H groups in total. The van der Waals surface area contributed by atoms with Gasteiger partial charge in [-0.25, -0.2) is 4.79 Å². The monoisotopic (exact) mass is 299 g/mol. The number of carbonyl (C=O) groups is 1. The van der Waals surface area contributed by atoms with E-state index in [9.17, 15) is 13.2 Å².